The molecule has 2 rings (SSSR count). The predicted molar refractivity (Wildman–Crippen MR) is 67.3 cm³/mol. The van der Waals surface area contributed by atoms with Gasteiger partial charge in [-0.15, -0.1) is 13.2 Å². The van der Waals surface area contributed by atoms with Crippen molar-refractivity contribution >= 4 is 11.6 Å². The molecule has 24 heavy (non-hydrogen) atoms. The quantitative estimate of drug-likeness (QED) is 0.848. The normalized spacial score (nSPS) is 21.8. The van der Waals surface area contributed by atoms with Crippen LogP contribution < -0.4 is 0 Å². The van der Waals surface area contributed by atoms with E-state index in [-0.39, 0.29) is 10.7 Å². The SMILES string of the molecule is CC1=NN(C(=O)c2cccc(F)c2)C(O)(C(F)(F)OC(F)(F)F)C1. The van der Waals surface area contributed by atoms with Crippen LogP contribution in [-0.2, 0) is 4.74 Å². The molecule has 0 aromatic heterocycles. The number of amides is 1. The summed E-state index contributed by atoms with van der Waals surface area (Å²) in [6.45, 7) is 1.12. The fourth-order valence-corrected chi connectivity index (χ4v) is 2.13. The summed E-state index contributed by atoms with van der Waals surface area (Å²) in [5.41, 5.74) is -4.45. The van der Waals surface area contributed by atoms with Crippen LogP contribution in [-0.4, -0.2) is 39.9 Å². The van der Waals surface area contributed by atoms with E-state index < -0.39 is 41.9 Å². The zero-order chi connectivity index (χ0) is 18.3. The Kier molecular flexibility index (Phi) is 4.35. The first kappa shape index (κ1) is 18.2. The Balaban J connectivity index is 2.41. The number of benzene rings is 1. The molecule has 0 saturated carbocycles. The number of hydrazone groups is 1. The van der Waals surface area contributed by atoms with Crippen molar-refractivity contribution in [2.24, 2.45) is 5.10 Å². The average molecular weight is 356 g/mol. The molecule has 132 valence electrons. The van der Waals surface area contributed by atoms with E-state index in [0.717, 1.165) is 25.1 Å². The lowest BCUT2D eigenvalue weighted by atomic mass is 10.1. The third kappa shape index (κ3) is 3.36. The maximum Gasteiger partial charge on any atom is 0.527 e. The van der Waals surface area contributed by atoms with Gasteiger partial charge in [-0.3, -0.25) is 4.79 Å². The van der Waals surface area contributed by atoms with Crippen LogP contribution >= 0.6 is 0 Å². The van der Waals surface area contributed by atoms with Gasteiger partial charge >= 0.3 is 12.5 Å². The Labute approximate surface area is 131 Å². The number of rotatable bonds is 3. The van der Waals surface area contributed by atoms with Crippen molar-refractivity contribution < 1.29 is 41.0 Å². The molecule has 1 aliphatic heterocycles. The van der Waals surface area contributed by atoms with E-state index in [9.17, 15) is 36.2 Å². The lowest BCUT2D eigenvalue weighted by molar-refractivity contribution is -0.468. The van der Waals surface area contributed by atoms with Crippen LogP contribution in [0.4, 0.5) is 26.3 Å². The van der Waals surface area contributed by atoms with E-state index in [0.29, 0.717) is 6.07 Å². The van der Waals surface area contributed by atoms with E-state index in [1.54, 1.807) is 0 Å². The molecular weight excluding hydrogens is 346 g/mol. The monoisotopic (exact) mass is 356 g/mol. The first-order chi connectivity index (χ1) is 10.9. The van der Waals surface area contributed by atoms with Gasteiger partial charge in [0.05, 0.1) is 0 Å². The molecule has 1 aromatic rings. The van der Waals surface area contributed by atoms with Gasteiger partial charge in [-0.05, 0) is 25.1 Å². The summed E-state index contributed by atoms with van der Waals surface area (Å²) in [6.07, 6.45) is -12.1. The van der Waals surface area contributed by atoms with E-state index in [2.05, 4.69) is 9.84 Å². The molecule has 1 aromatic carbocycles. The third-order valence-corrected chi connectivity index (χ3v) is 3.10. The number of hydrogen-bond donors (Lipinski definition) is 1. The lowest BCUT2D eigenvalue weighted by Crippen LogP contribution is -2.61. The Morgan fingerprint density at radius 2 is 1.96 bits per heavy atom. The van der Waals surface area contributed by atoms with E-state index in [4.69, 9.17) is 0 Å². The summed E-state index contributed by atoms with van der Waals surface area (Å²) in [7, 11) is 0. The summed E-state index contributed by atoms with van der Waals surface area (Å²) in [6, 6.07) is 3.73. The molecule has 0 saturated heterocycles. The second-order valence-electron chi connectivity index (χ2n) is 5.02. The Bertz CT molecular complexity index is 691. The number of aliphatic hydroxyl groups is 1. The standard InChI is InChI=1S/C13H10F6N2O3/c1-7-6-11(23,12(15,16)24-13(17,18)19)21(20-7)10(22)8-3-2-4-9(14)5-8/h2-5,23H,6H2,1H3. The molecular formula is C13H10F6N2O3. The highest BCUT2D eigenvalue weighted by Crippen LogP contribution is 2.43. The number of carbonyl (C=O) groups excluding carboxylic acids is 1. The fraction of sp³-hybridized carbons (Fsp3) is 0.385. The van der Waals surface area contributed by atoms with E-state index >= 15 is 0 Å². The summed E-state index contributed by atoms with van der Waals surface area (Å²) in [5.74, 6) is -2.30. The molecule has 1 aliphatic rings. The highest BCUT2D eigenvalue weighted by Gasteiger charge is 2.66. The zero-order valence-corrected chi connectivity index (χ0v) is 11.9. The largest absolute Gasteiger partial charge is 0.527 e. The number of nitrogens with zero attached hydrogens (tertiary/aromatic N) is 2. The third-order valence-electron chi connectivity index (χ3n) is 3.10. The van der Waals surface area contributed by atoms with Crippen LogP contribution in [0.5, 0.6) is 0 Å². The minimum Gasteiger partial charge on any atom is -0.362 e. The number of halogens is 6. The highest BCUT2D eigenvalue weighted by molar-refractivity contribution is 5.97. The van der Waals surface area contributed by atoms with Gasteiger partial charge in [-0.2, -0.15) is 18.9 Å². The van der Waals surface area contributed by atoms with Crippen molar-refractivity contribution in [3.8, 4) is 0 Å². The Hall–Kier alpha value is -2.14. The average Bonchev–Trinajstić information content (AvgIpc) is 2.72. The van der Waals surface area contributed by atoms with Gasteiger partial charge < -0.3 is 5.11 Å². The molecule has 11 heteroatoms. The molecule has 0 fully saturated rings. The van der Waals surface area contributed by atoms with Crippen molar-refractivity contribution in [2.75, 3.05) is 0 Å². The Morgan fingerprint density at radius 3 is 2.50 bits per heavy atom. The van der Waals surface area contributed by atoms with Crippen molar-refractivity contribution in [3.63, 3.8) is 0 Å². The van der Waals surface area contributed by atoms with Crippen LogP contribution in [0.2, 0.25) is 0 Å². The maximum atomic E-state index is 13.9. The van der Waals surface area contributed by atoms with E-state index in [1.807, 2.05) is 0 Å². The molecule has 1 unspecified atom stereocenters. The summed E-state index contributed by atoms with van der Waals surface area (Å²) >= 11 is 0. The molecule has 1 amide bonds. The number of carbonyl (C=O) groups is 1. The first-order valence-corrected chi connectivity index (χ1v) is 6.37. The smallest absolute Gasteiger partial charge is 0.362 e. The lowest BCUT2D eigenvalue weighted by Gasteiger charge is -2.36. The van der Waals surface area contributed by atoms with Crippen LogP contribution in [0.25, 0.3) is 0 Å². The fourth-order valence-electron chi connectivity index (χ4n) is 2.13. The zero-order valence-electron chi connectivity index (χ0n) is 11.9. The Morgan fingerprint density at radius 1 is 1.33 bits per heavy atom. The second kappa shape index (κ2) is 5.74. The number of hydrogen-bond acceptors (Lipinski definition) is 4. The number of ether oxygens (including phenoxy) is 1. The van der Waals surface area contributed by atoms with E-state index in [1.165, 1.54) is 0 Å². The van der Waals surface area contributed by atoms with Gasteiger partial charge in [0.2, 0.25) is 0 Å². The van der Waals surface area contributed by atoms with Crippen LogP contribution in [0.15, 0.2) is 29.4 Å². The molecule has 1 heterocycles. The van der Waals surface area contributed by atoms with Crippen LogP contribution in [0.3, 0.4) is 0 Å². The summed E-state index contributed by atoms with van der Waals surface area (Å²) < 4.78 is 80.1. The van der Waals surface area contributed by atoms with Gasteiger partial charge in [0.1, 0.15) is 5.82 Å². The molecule has 5 nitrogen and oxygen atoms in total. The number of alkyl halides is 5. The molecule has 0 aliphatic carbocycles. The van der Waals surface area contributed by atoms with Gasteiger partial charge in [0.15, 0.2) is 0 Å². The molecule has 0 radical (unpaired) electrons. The minimum absolute atomic E-state index is 0.233. The van der Waals surface area contributed by atoms with Gasteiger partial charge in [-0.1, -0.05) is 6.07 Å². The summed E-state index contributed by atoms with van der Waals surface area (Å²) in [4.78, 5) is 12.2. The van der Waals surface area contributed by atoms with Crippen molar-refractivity contribution in [1.82, 2.24) is 5.01 Å². The van der Waals surface area contributed by atoms with Crippen molar-refractivity contribution in [1.29, 1.82) is 0 Å². The van der Waals surface area contributed by atoms with Crippen molar-refractivity contribution in [2.45, 2.75) is 31.5 Å². The molecule has 1 atom stereocenters. The van der Waals surface area contributed by atoms with Crippen LogP contribution in [0, 0.1) is 5.82 Å². The topological polar surface area (TPSA) is 62.1 Å². The predicted octanol–water partition coefficient (Wildman–Crippen LogP) is 2.87. The first-order valence-electron chi connectivity index (χ1n) is 6.37. The van der Waals surface area contributed by atoms with Gasteiger partial charge in [0, 0.05) is 17.7 Å². The highest BCUT2D eigenvalue weighted by atomic mass is 19.4. The molecule has 1 N–H and O–H groups in total. The van der Waals surface area contributed by atoms with Gasteiger partial charge in [0.25, 0.3) is 11.6 Å². The molecule has 0 spiro atoms. The maximum absolute atomic E-state index is 13.9. The molecule has 0 bridgehead atoms. The van der Waals surface area contributed by atoms with Crippen molar-refractivity contribution in [3.05, 3.63) is 35.6 Å². The van der Waals surface area contributed by atoms with Crippen LogP contribution in [0.1, 0.15) is 23.7 Å². The second-order valence-corrected chi connectivity index (χ2v) is 5.02. The summed E-state index contributed by atoms with van der Waals surface area (Å²) in [5, 5.41) is 13.1. The minimum atomic E-state index is -5.77. The van der Waals surface area contributed by atoms with Gasteiger partial charge in [-0.25, -0.2) is 9.13 Å².